The molecule has 0 spiro atoms. The Bertz CT molecular complexity index is 1250. The van der Waals surface area contributed by atoms with Crippen molar-refractivity contribution in [3.05, 3.63) is 88.4 Å². The maximum Gasteiger partial charge on any atom is 0.419 e. The first-order chi connectivity index (χ1) is 16.6. The number of aryl methyl sites for hydroxylation is 1. The van der Waals surface area contributed by atoms with E-state index in [9.17, 15) is 27.2 Å². The number of carbonyl (C=O) groups excluding carboxylic acids is 2. The highest BCUT2D eigenvalue weighted by atomic mass is 19.4. The number of amides is 2. The van der Waals surface area contributed by atoms with Crippen LogP contribution in [-0.2, 0) is 12.7 Å². The van der Waals surface area contributed by atoms with Gasteiger partial charge in [0.1, 0.15) is 5.82 Å². The maximum atomic E-state index is 13.9. The molecule has 2 amide bonds. The van der Waals surface area contributed by atoms with Gasteiger partial charge in [-0.2, -0.15) is 13.2 Å². The summed E-state index contributed by atoms with van der Waals surface area (Å²) < 4.78 is 52.2. The SMILES string of the molecule is Cc1ccc(-c2cc(C(=O)NCc3ccc(C(F)(F)F)c(F)c3)cc(C(=O)N3CCCC3)c2)nc1. The van der Waals surface area contributed by atoms with E-state index < -0.39 is 23.5 Å². The van der Waals surface area contributed by atoms with Gasteiger partial charge in [0.25, 0.3) is 11.8 Å². The predicted octanol–water partition coefficient (Wildman–Crippen LogP) is 5.38. The van der Waals surface area contributed by atoms with Crippen molar-refractivity contribution in [2.24, 2.45) is 0 Å². The van der Waals surface area contributed by atoms with Crippen molar-refractivity contribution in [1.29, 1.82) is 0 Å². The number of alkyl halides is 3. The summed E-state index contributed by atoms with van der Waals surface area (Å²) in [5.41, 5.74) is 1.48. The molecule has 5 nitrogen and oxygen atoms in total. The van der Waals surface area contributed by atoms with Crippen LogP contribution in [-0.4, -0.2) is 34.8 Å². The molecule has 9 heteroatoms. The smallest absolute Gasteiger partial charge is 0.348 e. The number of aromatic nitrogens is 1. The summed E-state index contributed by atoms with van der Waals surface area (Å²) in [4.78, 5) is 32.1. The molecule has 35 heavy (non-hydrogen) atoms. The van der Waals surface area contributed by atoms with Crippen molar-refractivity contribution in [2.45, 2.75) is 32.5 Å². The Morgan fingerprint density at radius 3 is 2.34 bits per heavy atom. The van der Waals surface area contributed by atoms with Gasteiger partial charge in [0.05, 0.1) is 11.3 Å². The first-order valence-electron chi connectivity index (χ1n) is 11.1. The van der Waals surface area contributed by atoms with Crippen LogP contribution in [0.5, 0.6) is 0 Å². The minimum Gasteiger partial charge on any atom is -0.348 e. The third-order valence-corrected chi connectivity index (χ3v) is 5.83. The molecule has 1 saturated heterocycles. The Balaban J connectivity index is 1.59. The lowest BCUT2D eigenvalue weighted by Crippen LogP contribution is -2.28. The fraction of sp³-hybridized carbons (Fsp3) is 0.269. The Labute approximate surface area is 199 Å². The van der Waals surface area contributed by atoms with Crippen LogP contribution < -0.4 is 5.32 Å². The van der Waals surface area contributed by atoms with Gasteiger partial charge < -0.3 is 10.2 Å². The monoisotopic (exact) mass is 485 g/mol. The predicted molar refractivity (Wildman–Crippen MR) is 122 cm³/mol. The molecule has 0 unspecified atom stereocenters. The van der Waals surface area contributed by atoms with E-state index in [0.717, 1.165) is 30.5 Å². The fourth-order valence-corrected chi connectivity index (χ4v) is 3.95. The summed E-state index contributed by atoms with van der Waals surface area (Å²) in [6.45, 7) is 3.00. The van der Waals surface area contributed by atoms with Gasteiger partial charge >= 0.3 is 6.18 Å². The lowest BCUT2D eigenvalue weighted by atomic mass is 10.0. The van der Waals surface area contributed by atoms with Gasteiger partial charge in [-0.15, -0.1) is 0 Å². The van der Waals surface area contributed by atoms with Gasteiger partial charge in [-0.05, 0) is 67.3 Å². The molecule has 1 fully saturated rings. The number of rotatable bonds is 5. The lowest BCUT2D eigenvalue weighted by Gasteiger charge is -2.17. The van der Waals surface area contributed by atoms with Crippen LogP contribution in [0.4, 0.5) is 17.6 Å². The van der Waals surface area contributed by atoms with E-state index in [1.54, 1.807) is 29.3 Å². The average molecular weight is 485 g/mol. The highest BCUT2D eigenvalue weighted by Gasteiger charge is 2.33. The number of hydrogen-bond acceptors (Lipinski definition) is 3. The van der Waals surface area contributed by atoms with E-state index in [-0.39, 0.29) is 23.6 Å². The van der Waals surface area contributed by atoms with Gasteiger partial charge in [0.15, 0.2) is 0 Å². The van der Waals surface area contributed by atoms with Gasteiger partial charge in [0.2, 0.25) is 0 Å². The summed E-state index contributed by atoms with van der Waals surface area (Å²) in [5.74, 6) is -2.14. The normalized spacial score (nSPS) is 13.7. The van der Waals surface area contributed by atoms with Gasteiger partial charge in [0, 0.05) is 42.5 Å². The third kappa shape index (κ3) is 5.67. The van der Waals surface area contributed by atoms with Crippen molar-refractivity contribution in [3.8, 4) is 11.3 Å². The molecule has 4 rings (SSSR count). The van der Waals surface area contributed by atoms with E-state index in [1.165, 1.54) is 6.07 Å². The van der Waals surface area contributed by atoms with Crippen LogP contribution in [0.1, 0.15) is 50.2 Å². The van der Waals surface area contributed by atoms with Gasteiger partial charge in [-0.3, -0.25) is 14.6 Å². The molecule has 1 aliphatic rings. The summed E-state index contributed by atoms with van der Waals surface area (Å²) in [6.07, 6.45) is -1.28. The van der Waals surface area contributed by atoms with Crippen molar-refractivity contribution >= 4 is 11.8 Å². The van der Waals surface area contributed by atoms with E-state index in [4.69, 9.17) is 0 Å². The molecule has 1 aromatic heterocycles. The van der Waals surface area contributed by atoms with Crippen molar-refractivity contribution in [2.75, 3.05) is 13.1 Å². The standard InChI is InChI=1S/C26H23F4N3O2/c1-16-4-7-23(31-14-16)18-11-19(13-20(12-18)25(35)33-8-2-3-9-33)24(34)32-15-17-5-6-21(22(27)10-17)26(28,29)30/h4-7,10-14H,2-3,8-9,15H2,1H3,(H,32,34). The number of benzene rings is 2. The number of nitrogens with one attached hydrogen (secondary N) is 1. The van der Waals surface area contributed by atoms with E-state index >= 15 is 0 Å². The second-order valence-electron chi connectivity index (χ2n) is 8.51. The van der Waals surface area contributed by atoms with Crippen molar-refractivity contribution in [3.63, 3.8) is 0 Å². The molecule has 1 N–H and O–H groups in total. The Kier molecular flexibility index (Phi) is 6.86. The number of halogens is 4. The first-order valence-corrected chi connectivity index (χ1v) is 11.1. The third-order valence-electron chi connectivity index (χ3n) is 5.83. The zero-order chi connectivity index (χ0) is 25.2. The number of likely N-dealkylation sites (tertiary alicyclic amines) is 1. The van der Waals surface area contributed by atoms with E-state index in [0.29, 0.717) is 36.0 Å². The van der Waals surface area contributed by atoms with Crippen LogP contribution in [0.3, 0.4) is 0 Å². The van der Waals surface area contributed by atoms with E-state index in [2.05, 4.69) is 10.3 Å². The Morgan fingerprint density at radius 1 is 1.00 bits per heavy atom. The minimum absolute atomic E-state index is 0.175. The molecule has 0 radical (unpaired) electrons. The maximum absolute atomic E-state index is 13.9. The zero-order valence-electron chi connectivity index (χ0n) is 19.0. The molecule has 0 aliphatic carbocycles. The van der Waals surface area contributed by atoms with E-state index in [1.807, 2.05) is 13.0 Å². The van der Waals surface area contributed by atoms with Crippen molar-refractivity contribution < 1.29 is 27.2 Å². The molecule has 3 aromatic rings. The second kappa shape index (κ2) is 9.85. The van der Waals surface area contributed by atoms with Crippen LogP contribution in [0, 0.1) is 12.7 Å². The lowest BCUT2D eigenvalue weighted by molar-refractivity contribution is -0.140. The van der Waals surface area contributed by atoms with Crippen LogP contribution in [0.25, 0.3) is 11.3 Å². The quantitative estimate of drug-likeness (QED) is 0.494. The number of nitrogens with zero attached hydrogens (tertiary/aromatic N) is 2. The topological polar surface area (TPSA) is 62.3 Å². The van der Waals surface area contributed by atoms with Crippen LogP contribution in [0.15, 0.2) is 54.7 Å². The summed E-state index contributed by atoms with van der Waals surface area (Å²) in [6, 6.07) is 11.0. The Morgan fingerprint density at radius 2 is 1.71 bits per heavy atom. The molecule has 0 atom stereocenters. The number of carbonyl (C=O) groups is 2. The molecule has 182 valence electrons. The fourth-order valence-electron chi connectivity index (χ4n) is 3.95. The molecular weight excluding hydrogens is 462 g/mol. The minimum atomic E-state index is -4.80. The van der Waals surface area contributed by atoms with Gasteiger partial charge in [-0.25, -0.2) is 4.39 Å². The molecule has 2 aromatic carbocycles. The summed E-state index contributed by atoms with van der Waals surface area (Å²) >= 11 is 0. The molecular formula is C26H23F4N3O2. The zero-order valence-corrected chi connectivity index (χ0v) is 19.0. The average Bonchev–Trinajstić information content (AvgIpc) is 3.36. The molecule has 0 saturated carbocycles. The van der Waals surface area contributed by atoms with Crippen LogP contribution in [0.2, 0.25) is 0 Å². The molecule has 0 bridgehead atoms. The Hall–Kier alpha value is -3.75. The molecule has 1 aliphatic heterocycles. The largest absolute Gasteiger partial charge is 0.419 e. The van der Waals surface area contributed by atoms with Crippen molar-refractivity contribution in [1.82, 2.24) is 15.2 Å². The number of pyridine rings is 1. The first kappa shape index (κ1) is 24.4. The summed E-state index contributed by atoms with van der Waals surface area (Å²) in [7, 11) is 0. The van der Waals surface area contributed by atoms with Gasteiger partial charge in [-0.1, -0.05) is 12.1 Å². The highest BCUT2D eigenvalue weighted by molar-refractivity contribution is 6.01. The summed E-state index contributed by atoms with van der Waals surface area (Å²) in [5, 5.41) is 2.59. The highest BCUT2D eigenvalue weighted by Crippen LogP contribution is 2.31. The number of hydrogen-bond donors (Lipinski definition) is 1. The van der Waals surface area contributed by atoms with Crippen LogP contribution >= 0.6 is 0 Å². The molecule has 2 heterocycles. The second-order valence-corrected chi connectivity index (χ2v) is 8.51.